The molecule has 0 amide bonds. The second kappa shape index (κ2) is 5.93. The van der Waals surface area contributed by atoms with Gasteiger partial charge in [-0.05, 0) is 43.9 Å². The normalized spacial score (nSPS) is 16.8. The minimum Gasteiger partial charge on any atom is -0.334 e. The molecule has 23 heavy (non-hydrogen) atoms. The third kappa shape index (κ3) is 3.37. The van der Waals surface area contributed by atoms with Crippen LogP contribution in [0, 0.1) is 0 Å². The molecule has 3 rings (SSSR count). The van der Waals surface area contributed by atoms with Crippen LogP contribution in [0.4, 0.5) is 5.69 Å². The van der Waals surface area contributed by atoms with Crippen LogP contribution in [0.15, 0.2) is 28.8 Å². The number of anilines is 1. The first-order valence-electron chi connectivity index (χ1n) is 7.66. The van der Waals surface area contributed by atoms with Gasteiger partial charge < -0.3 is 10.3 Å². The molecule has 0 atom stereocenters. The van der Waals surface area contributed by atoms with Crippen LogP contribution in [0.25, 0.3) is 11.5 Å². The van der Waals surface area contributed by atoms with Gasteiger partial charge in [-0.3, -0.25) is 4.72 Å². The molecule has 0 spiro atoms. The van der Waals surface area contributed by atoms with E-state index in [1.54, 1.807) is 24.3 Å². The summed E-state index contributed by atoms with van der Waals surface area (Å²) in [5, 5.41) is 3.97. The average molecular weight is 336 g/mol. The second-order valence-corrected chi connectivity index (χ2v) is 7.78. The van der Waals surface area contributed by atoms with Gasteiger partial charge >= 0.3 is 0 Å². The number of nitrogens with two attached hydrogens (primary N) is 1. The van der Waals surface area contributed by atoms with E-state index in [0.717, 1.165) is 19.3 Å². The minimum absolute atomic E-state index is 0.0810. The third-order valence-electron chi connectivity index (χ3n) is 3.97. The van der Waals surface area contributed by atoms with E-state index < -0.39 is 15.6 Å². The van der Waals surface area contributed by atoms with E-state index in [4.69, 9.17) is 10.3 Å². The van der Waals surface area contributed by atoms with Crippen molar-refractivity contribution in [2.45, 2.75) is 38.1 Å². The van der Waals surface area contributed by atoms with Crippen molar-refractivity contribution in [2.75, 3.05) is 10.5 Å². The van der Waals surface area contributed by atoms with Gasteiger partial charge in [0.25, 0.3) is 5.89 Å². The zero-order valence-electron chi connectivity index (χ0n) is 12.9. The van der Waals surface area contributed by atoms with E-state index in [-0.39, 0.29) is 5.75 Å². The Morgan fingerprint density at radius 3 is 2.83 bits per heavy atom. The first kappa shape index (κ1) is 15.9. The highest BCUT2D eigenvalue weighted by molar-refractivity contribution is 7.92. The topological polar surface area (TPSA) is 111 Å². The Bertz CT molecular complexity index is 797. The van der Waals surface area contributed by atoms with Crippen molar-refractivity contribution in [2.24, 2.45) is 5.73 Å². The molecular weight excluding hydrogens is 316 g/mol. The highest BCUT2D eigenvalue weighted by Crippen LogP contribution is 2.37. The van der Waals surface area contributed by atoms with Crippen LogP contribution in [0.3, 0.4) is 0 Å². The van der Waals surface area contributed by atoms with Crippen LogP contribution < -0.4 is 10.5 Å². The van der Waals surface area contributed by atoms with Gasteiger partial charge in [-0.15, -0.1) is 0 Å². The number of hydrogen-bond acceptors (Lipinski definition) is 6. The van der Waals surface area contributed by atoms with Crippen molar-refractivity contribution in [3.63, 3.8) is 0 Å². The molecule has 1 aromatic heterocycles. The van der Waals surface area contributed by atoms with Gasteiger partial charge in [0.15, 0.2) is 5.82 Å². The zero-order chi connectivity index (χ0) is 16.5. The first-order chi connectivity index (χ1) is 10.9. The predicted molar refractivity (Wildman–Crippen MR) is 87.2 cm³/mol. The van der Waals surface area contributed by atoms with Crippen molar-refractivity contribution >= 4 is 15.7 Å². The Labute approximate surface area is 135 Å². The van der Waals surface area contributed by atoms with Crippen molar-refractivity contribution in [3.05, 3.63) is 30.1 Å². The quantitative estimate of drug-likeness (QED) is 0.836. The molecule has 2 aromatic rings. The zero-order valence-corrected chi connectivity index (χ0v) is 13.8. The second-order valence-electron chi connectivity index (χ2n) is 5.93. The number of benzene rings is 1. The van der Waals surface area contributed by atoms with Crippen molar-refractivity contribution in [1.29, 1.82) is 0 Å². The van der Waals surface area contributed by atoms with Gasteiger partial charge in [0, 0.05) is 11.3 Å². The summed E-state index contributed by atoms with van der Waals surface area (Å²) in [5.74, 6) is 0.932. The van der Waals surface area contributed by atoms with Crippen molar-refractivity contribution in [3.8, 4) is 11.5 Å². The summed E-state index contributed by atoms with van der Waals surface area (Å²) in [7, 11) is -3.33. The van der Waals surface area contributed by atoms with E-state index in [2.05, 4.69) is 14.9 Å². The Morgan fingerprint density at radius 1 is 1.39 bits per heavy atom. The monoisotopic (exact) mass is 336 g/mol. The Balaban J connectivity index is 1.83. The molecule has 1 heterocycles. The molecule has 1 aliphatic rings. The van der Waals surface area contributed by atoms with Gasteiger partial charge in [-0.25, -0.2) is 8.42 Å². The fraction of sp³-hybridized carbons (Fsp3) is 0.467. The number of aromatic nitrogens is 2. The molecule has 0 unspecified atom stereocenters. The summed E-state index contributed by atoms with van der Waals surface area (Å²) in [6.45, 7) is 1.82. The summed E-state index contributed by atoms with van der Waals surface area (Å²) >= 11 is 0. The molecule has 1 aromatic carbocycles. The molecule has 1 fully saturated rings. The van der Waals surface area contributed by atoms with E-state index in [1.807, 2.05) is 6.92 Å². The Kier molecular flexibility index (Phi) is 4.11. The lowest BCUT2D eigenvalue weighted by Gasteiger charge is -2.34. The molecular formula is C15H20N4O3S. The van der Waals surface area contributed by atoms with Gasteiger partial charge in [0.1, 0.15) is 0 Å². The fourth-order valence-electron chi connectivity index (χ4n) is 2.54. The summed E-state index contributed by atoms with van der Waals surface area (Å²) in [6, 6.07) is 6.89. The van der Waals surface area contributed by atoms with E-state index in [0.29, 0.717) is 29.4 Å². The smallest absolute Gasteiger partial charge is 0.258 e. The Morgan fingerprint density at radius 2 is 2.17 bits per heavy atom. The fourth-order valence-corrected chi connectivity index (χ4v) is 3.66. The van der Waals surface area contributed by atoms with E-state index in [9.17, 15) is 8.42 Å². The van der Waals surface area contributed by atoms with Gasteiger partial charge in [-0.1, -0.05) is 18.1 Å². The largest absolute Gasteiger partial charge is 0.334 e. The van der Waals surface area contributed by atoms with Gasteiger partial charge in [-0.2, -0.15) is 4.98 Å². The highest BCUT2D eigenvalue weighted by atomic mass is 32.2. The van der Waals surface area contributed by atoms with Gasteiger partial charge in [0.2, 0.25) is 10.0 Å². The maximum absolute atomic E-state index is 11.9. The van der Waals surface area contributed by atoms with Gasteiger partial charge in [0.05, 0.1) is 11.3 Å². The molecule has 124 valence electrons. The predicted octanol–water partition coefficient (Wildman–Crippen LogP) is 2.23. The first-order valence-corrected chi connectivity index (χ1v) is 9.31. The molecule has 0 aliphatic heterocycles. The lowest BCUT2D eigenvalue weighted by Crippen LogP contribution is -2.44. The highest BCUT2D eigenvalue weighted by Gasteiger charge is 2.39. The lowest BCUT2D eigenvalue weighted by atomic mass is 9.77. The molecule has 0 bridgehead atoms. The molecule has 1 saturated carbocycles. The van der Waals surface area contributed by atoms with Crippen LogP contribution in [0.1, 0.15) is 38.4 Å². The van der Waals surface area contributed by atoms with Crippen LogP contribution in [0.5, 0.6) is 0 Å². The van der Waals surface area contributed by atoms with Crippen LogP contribution in [-0.4, -0.2) is 24.3 Å². The van der Waals surface area contributed by atoms with Crippen LogP contribution in [0.2, 0.25) is 0 Å². The maximum atomic E-state index is 11.9. The van der Waals surface area contributed by atoms with Crippen LogP contribution in [-0.2, 0) is 15.6 Å². The molecule has 3 N–H and O–H groups in total. The summed E-state index contributed by atoms with van der Waals surface area (Å²) < 4.78 is 31.5. The maximum Gasteiger partial charge on any atom is 0.258 e. The molecule has 7 nitrogen and oxygen atoms in total. The lowest BCUT2D eigenvalue weighted by molar-refractivity contribution is 0.229. The van der Waals surface area contributed by atoms with Crippen LogP contribution >= 0.6 is 0 Å². The summed E-state index contributed by atoms with van der Waals surface area (Å²) in [4.78, 5) is 4.37. The summed E-state index contributed by atoms with van der Waals surface area (Å²) in [6.07, 6.45) is 3.32. The number of nitrogens with zero attached hydrogens (tertiary/aromatic N) is 2. The molecule has 0 radical (unpaired) electrons. The minimum atomic E-state index is -3.33. The molecule has 1 aliphatic carbocycles. The third-order valence-corrected chi connectivity index (χ3v) is 5.47. The molecule has 8 heteroatoms. The SMILES string of the molecule is CCCS(=O)(=O)Nc1cccc(-c2nc(C3(N)CCC3)no2)c1. The van der Waals surface area contributed by atoms with Crippen molar-refractivity contribution < 1.29 is 12.9 Å². The van der Waals surface area contributed by atoms with E-state index >= 15 is 0 Å². The number of hydrogen-bond donors (Lipinski definition) is 2. The number of rotatable bonds is 6. The molecule has 0 saturated heterocycles. The Hall–Kier alpha value is -1.93. The number of sulfonamides is 1. The van der Waals surface area contributed by atoms with E-state index in [1.165, 1.54) is 0 Å². The number of nitrogens with one attached hydrogen (secondary N) is 1. The van der Waals surface area contributed by atoms with Crippen molar-refractivity contribution in [1.82, 2.24) is 10.1 Å². The standard InChI is InChI=1S/C15H20N4O3S/c1-2-9-23(20,21)19-12-6-3-5-11(10-12)13-17-14(18-22-13)15(16)7-4-8-15/h3,5-6,10,19H,2,4,7-9,16H2,1H3. The average Bonchev–Trinajstić information content (AvgIpc) is 2.94. The summed E-state index contributed by atoms with van der Waals surface area (Å²) in [5.41, 5.74) is 6.83.